The summed E-state index contributed by atoms with van der Waals surface area (Å²) >= 11 is 0. The number of nitrogens with one attached hydrogen (secondary N) is 1. The Kier molecular flexibility index (Phi) is 6.06. The van der Waals surface area contributed by atoms with Crippen molar-refractivity contribution in [3.63, 3.8) is 0 Å². The fourth-order valence-electron chi connectivity index (χ4n) is 3.14. The number of ether oxygens (including phenoxy) is 1. The van der Waals surface area contributed by atoms with Crippen LogP contribution in [0.1, 0.15) is 51.2 Å². The second kappa shape index (κ2) is 7.80. The molecule has 0 radical (unpaired) electrons. The molecule has 0 amide bonds. The van der Waals surface area contributed by atoms with Gasteiger partial charge in [0.15, 0.2) is 0 Å². The maximum Gasteiger partial charge on any atom is 0.0719 e. The molecule has 0 bridgehead atoms. The Morgan fingerprint density at radius 1 is 1.15 bits per heavy atom. The fourth-order valence-corrected chi connectivity index (χ4v) is 3.14. The topological polar surface area (TPSA) is 21.3 Å². The van der Waals surface area contributed by atoms with Crippen LogP contribution in [0, 0.1) is 11.8 Å². The highest BCUT2D eigenvalue weighted by Gasteiger charge is 2.24. The van der Waals surface area contributed by atoms with Crippen LogP contribution in [0.15, 0.2) is 24.3 Å². The van der Waals surface area contributed by atoms with Gasteiger partial charge in [-0.1, -0.05) is 44.5 Å². The highest BCUT2D eigenvalue weighted by atomic mass is 16.5. The molecule has 1 aliphatic carbocycles. The Balaban J connectivity index is 1.92. The van der Waals surface area contributed by atoms with E-state index in [9.17, 15) is 0 Å². The first kappa shape index (κ1) is 15.5. The molecule has 3 unspecified atom stereocenters. The number of rotatable bonds is 6. The molecule has 0 aromatic heterocycles. The quantitative estimate of drug-likeness (QED) is 0.842. The molecule has 1 aliphatic rings. The Morgan fingerprint density at radius 2 is 1.90 bits per heavy atom. The van der Waals surface area contributed by atoms with E-state index in [0.717, 1.165) is 31.6 Å². The summed E-state index contributed by atoms with van der Waals surface area (Å²) in [4.78, 5) is 0. The van der Waals surface area contributed by atoms with E-state index in [4.69, 9.17) is 4.74 Å². The van der Waals surface area contributed by atoms with Crippen molar-refractivity contribution in [2.75, 3.05) is 6.61 Å². The maximum atomic E-state index is 5.56. The molecular formula is C18H29NO. The van der Waals surface area contributed by atoms with E-state index in [-0.39, 0.29) is 0 Å². The van der Waals surface area contributed by atoms with Crippen molar-refractivity contribution in [3.05, 3.63) is 35.4 Å². The van der Waals surface area contributed by atoms with Crippen LogP contribution in [0.4, 0.5) is 0 Å². The largest absolute Gasteiger partial charge is 0.377 e. The van der Waals surface area contributed by atoms with Crippen LogP contribution < -0.4 is 5.32 Å². The van der Waals surface area contributed by atoms with Gasteiger partial charge in [-0.15, -0.1) is 0 Å². The normalized spacial score (nSPS) is 26.6. The van der Waals surface area contributed by atoms with Gasteiger partial charge >= 0.3 is 0 Å². The zero-order chi connectivity index (χ0) is 14.4. The highest BCUT2D eigenvalue weighted by molar-refractivity contribution is 5.26. The van der Waals surface area contributed by atoms with Crippen LogP contribution in [0.2, 0.25) is 0 Å². The number of benzene rings is 1. The van der Waals surface area contributed by atoms with E-state index in [0.29, 0.717) is 6.04 Å². The first-order valence-corrected chi connectivity index (χ1v) is 8.08. The second-order valence-corrected chi connectivity index (χ2v) is 6.29. The predicted molar refractivity (Wildman–Crippen MR) is 84.6 cm³/mol. The van der Waals surface area contributed by atoms with Crippen LogP contribution in [-0.2, 0) is 17.9 Å². The predicted octanol–water partition coefficient (Wildman–Crippen LogP) is 4.14. The SMILES string of the molecule is CCOCc1ccccc1CNC1CC(C)CCC1C. The molecule has 3 atom stereocenters. The lowest BCUT2D eigenvalue weighted by molar-refractivity contribution is 0.133. The Morgan fingerprint density at radius 3 is 2.65 bits per heavy atom. The monoisotopic (exact) mass is 275 g/mol. The molecule has 112 valence electrons. The van der Waals surface area contributed by atoms with Crippen LogP contribution >= 0.6 is 0 Å². The highest BCUT2D eigenvalue weighted by Crippen LogP contribution is 2.28. The first-order valence-electron chi connectivity index (χ1n) is 8.08. The summed E-state index contributed by atoms with van der Waals surface area (Å²) < 4.78 is 5.56. The molecule has 0 aliphatic heterocycles. The fraction of sp³-hybridized carbons (Fsp3) is 0.667. The number of hydrogen-bond donors (Lipinski definition) is 1. The minimum Gasteiger partial charge on any atom is -0.377 e. The molecule has 1 aromatic rings. The smallest absolute Gasteiger partial charge is 0.0719 e. The third kappa shape index (κ3) is 4.32. The molecule has 2 rings (SSSR count). The minimum atomic E-state index is 0.666. The van der Waals surface area contributed by atoms with Crippen LogP contribution in [0.3, 0.4) is 0 Å². The van der Waals surface area contributed by atoms with Gasteiger partial charge in [-0.3, -0.25) is 0 Å². The van der Waals surface area contributed by atoms with Gasteiger partial charge in [0.05, 0.1) is 6.61 Å². The average Bonchev–Trinajstić information content (AvgIpc) is 2.47. The standard InChI is InChI=1S/C18H29NO/c1-4-20-13-17-8-6-5-7-16(17)12-19-18-11-14(2)9-10-15(18)3/h5-8,14-15,18-19H,4,9-13H2,1-3H3. The lowest BCUT2D eigenvalue weighted by Gasteiger charge is -2.33. The Bertz CT molecular complexity index is 404. The maximum absolute atomic E-state index is 5.56. The lowest BCUT2D eigenvalue weighted by atomic mass is 9.80. The van der Waals surface area contributed by atoms with Crippen LogP contribution in [0.5, 0.6) is 0 Å². The van der Waals surface area contributed by atoms with Crippen molar-refractivity contribution in [2.45, 2.75) is 59.2 Å². The van der Waals surface area contributed by atoms with E-state index in [2.05, 4.69) is 43.4 Å². The van der Waals surface area contributed by atoms with E-state index >= 15 is 0 Å². The van der Waals surface area contributed by atoms with Crippen molar-refractivity contribution < 1.29 is 4.74 Å². The summed E-state index contributed by atoms with van der Waals surface area (Å²) in [5, 5.41) is 3.78. The molecule has 1 aromatic carbocycles. The van der Waals surface area contributed by atoms with Gasteiger partial charge in [0.2, 0.25) is 0 Å². The summed E-state index contributed by atoms with van der Waals surface area (Å²) in [6.45, 7) is 9.28. The van der Waals surface area contributed by atoms with Crippen molar-refractivity contribution in [1.82, 2.24) is 5.32 Å². The van der Waals surface area contributed by atoms with E-state index in [1.165, 1.54) is 30.4 Å². The Hall–Kier alpha value is -0.860. The van der Waals surface area contributed by atoms with Gasteiger partial charge in [-0.2, -0.15) is 0 Å². The third-order valence-electron chi connectivity index (χ3n) is 4.59. The Labute approximate surface area is 123 Å². The molecule has 1 N–H and O–H groups in total. The molecule has 1 saturated carbocycles. The molecule has 2 heteroatoms. The number of hydrogen-bond acceptors (Lipinski definition) is 2. The van der Waals surface area contributed by atoms with Crippen LogP contribution in [0.25, 0.3) is 0 Å². The molecule has 2 nitrogen and oxygen atoms in total. The molecule has 20 heavy (non-hydrogen) atoms. The summed E-state index contributed by atoms with van der Waals surface area (Å²) in [6.07, 6.45) is 4.06. The van der Waals surface area contributed by atoms with Crippen molar-refractivity contribution >= 4 is 0 Å². The molecular weight excluding hydrogens is 246 g/mol. The molecule has 0 spiro atoms. The van der Waals surface area contributed by atoms with Gasteiger partial charge in [0.1, 0.15) is 0 Å². The van der Waals surface area contributed by atoms with Crippen molar-refractivity contribution in [2.24, 2.45) is 11.8 Å². The van der Waals surface area contributed by atoms with Gasteiger partial charge in [-0.05, 0) is 42.7 Å². The second-order valence-electron chi connectivity index (χ2n) is 6.29. The molecule has 0 saturated heterocycles. The summed E-state index contributed by atoms with van der Waals surface area (Å²) in [7, 11) is 0. The van der Waals surface area contributed by atoms with Gasteiger partial charge in [0, 0.05) is 19.2 Å². The lowest BCUT2D eigenvalue weighted by Crippen LogP contribution is -2.39. The van der Waals surface area contributed by atoms with Gasteiger partial charge in [-0.25, -0.2) is 0 Å². The van der Waals surface area contributed by atoms with Gasteiger partial charge in [0.25, 0.3) is 0 Å². The summed E-state index contributed by atoms with van der Waals surface area (Å²) in [5.41, 5.74) is 2.70. The minimum absolute atomic E-state index is 0.666. The summed E-state index contributed by atoms with van der Waals surface area (Å²) in [6, 6.07) is 9.29. The zero-order valence-electron chi connectivity index (χ0n) is 13.2. The van der Waals surface area contributed by atoms with E-state index < -0.39 is 0 Å². The van der Waals surface area contributed by atoms with E-state index in [1.54, 1.807) is 0 Å². The van der Waals surface area contributed by atoms with Crippen molar-refractivity contribution in [3.8, 4) is 0 Å². The van der Waals surface area contributed by atoms with Crippen molar-refractivity contribution in [1.29, 1.82) is 0 Å². The average molecular weight is 275 g/mol. The molecule has 0 heterocycles. The van der Waals surface area contributed by atoms with Gasteiger partial charge < -0.3 is 10.1 Å². The first-order chi connectivity index (χ1) is 9.70. The molecule has 1 fully saturated rings. The van der Waals surface area contributed by atoms with Crippen LogP contribution in [-0.4, -0.2) is 12.6 Å². The van der Waals surface area contributed by atoms with E-state index in [1.807, 2.05) is 6.92 Å². The zero-order valence-corrected chi connectivity index (χ0v) is 13.2. The summed E-state index contributed by atoms with van der Waals surface area (Å²) in [5.74, 6) is 1.66. The third-order valence-corrected chi connectivity index (χ3v) is 4.59.